The molecule has 0 saturated heterocycles. The quantitative estimate of drug-likeness (QED) is 0.788. The van der Waals surface area contributed by atoms with Gasteiger partial charge < -0.3 is 15.0 Å². The largest absolute Gasteiger partial charge is 0.444 e. The predicted octanol–water partition coefficient (Wildman–Crippen LogP) is 4.32. The Kier molecular flexibility index (Phi) is 5.51. The van der Waals surface area contributed by atoms with Crippen molar-refractivity contribution in [1.82, 2.24) is 14.7 Å². The van der Waals surface area contributed by atoms with Gasteiger partial charge >= 0.3 is 6.09 Å². The number of nitrogens with one attached hydrogen (secondary N) is 1. The van der Waals surface area contributed by atoms with E-state index in [-0.39, 0.29) is 17.4 Å². The van der Waals surface area contributed by atoms with Crippen LogP contribution in [0.3, 0.4) is 0 Å². The van der Waals surface area contributed by atoms with E-state index in [1.165, 1.54) is 11.3 Å². The molecule has 0 atom stereocenters. The number of carbonyl (C=O) groups is 2. The van der Waals surface area contributed by atoms with Gasteiger partial charge in [0.2, 0.25) is 0 Å². The summed E-state index contributed by atoms with van der Waals surface area (Å²) < 4.78 is 7.27. The number of anilines is 1. The van der Waals surface area contributed by atoms with E-state index in [0.717, 1.165) is 16.1 Å². The molecule has 3 heterocycles. The van der Waals surface area contributed by atoms with Crippen LogP contribution in [-0.4, -0.2) is 38.8 Å². The number of nitrogens with zero attached hydrogens (tertiary/aromatic N) is 3. The molecule has 1 N–H and O–H groups in total. The highest BCUT2D eigenvalue weighted by atomic mass is 32.1. The van der Waals surface area contributed by atoms with Crippen molar-refractivity contribution in [3.8, 4) is 0 Å². The molecule has 29 heavy (non-hydrogen) atoms. The number of aromatic nitrogens is 2. The van der Waals surface area contributed by atoms with Crippen molar-refractivity contribution in [2.45, 2.75) is 65.5 Å². The smallest absolute Gasteiger partial charge is 0.410 e. The lowest BCUT2D eigenvalue weighted by atomic mass is 9.92. The van der Waals surface area contributed by atoms with Crippen molar-refractivity contribution in [1.29, 1.82) is 0 Å². The average Bonchev–Trinajstić information content (AvgIpc) is 3.15. The second-order valence-electron chi connectivity index (χ2n) is 9.45. The summed E-state index contributed by atoms with van der Waals surface area (Å²) in [4.78, 5) is 27.9. The first kappa shape index (κ1) is 21.4. The van der Waals surface area contributed by atoms with Gasteiger partial charge in [0.25, 0.3) is 5.91 Å². The van der Waals surface area contributed by atoms with E-state index in [9.17, 15) is 9.59 Å². The highest BCUT2D eigenvalue weighted by Gasteiger charge is 2.29. The Morgan fingerprint density at radius 1 is 1.21 bits per heavy atom. The molecule has 3 rings (SSSR count). The van der Waals surface area contributed by atoms with E-state index >= 15 is 0 Å². The minimum Gasteiger partial charge on any atom is -0.444 e. The molecule has 0 radical (unpaired) electrons. The Bertz CT molecular complexity index is 931. The molecular weight excluding hydrogens is 388 g/mol. The maximum atomic E-state index is 12.9. The SMILES string of the molecule is Cn1nc(NC(=O)c2csc3c2CCN(C(=O)OC(C)(C)C)C3)cc1C(C)(C)C. The second kappa shape index (κ2) is 7.48. The number of fused-ring (bicyclic) bond motifs is 1. The van der Waals surface area contributed by atoms with E-state index in [1.807, 2.05) is 39.3 Å². The third-order valence-corrected chi connectivity index (χ3v) is 5.75. The van der Waals surface area contributed by atoms with Gasteiger partial charge in [0.15, 0.2) is 5.82 Å². The highest BCUT2D eigenvalue weighted by molar-refractivity contribution is 7.10. The van der Waals surface area contributed by atoms with Crippen molar-refractivity contribution in [3.05, 3.63) is 33.1 Å². The van der Waals surface area contributed by atoms with Gasteiger partial charge in [0.1, 0.15) is 5.60 Å². The monoisotopic (exact) mass is 418 g/mol. The molecule has 0 aliphatic carbocycles. The lowest BCUT2D eigenvalue weighted by Crippen LogP contribution is -2.39. The predicted molar refractivity (Wildman–Crippen MR) is 115 cm³/mol. The van der Waals surface area contributed by atoms with Crippen LogP contribution in [0.15, 0.2) is 11.4 Å². The summed E-state index contributed by atoms with van der Waals surface area (Å²) in [6.45, 7) is 12.9. The first-order valence-corrected chi connectivity index (χ1v) is 10.7. The van der Waals surface area contributed by atoms with Crippen LogP contribution in [0.25, 0.3) is 0 Å². The molecule has 7 nitrogen and oxygen atoms in total. The van der Waals surface area contributed by atoms with Gasteiger partial charge in [-0.05, 0) is 32.8 Å². The number of hydrogen-bond acceptors (Lipinski definition) is 5. The maximum absolute atomic E-state index is 12.9. The first-order valence-electron chi connectivity index (χ1n) is 9.78. The van der Waals surface area contributed by atoms with Crippen LogP contribution >= 0.6 is 11.3 Å². The number of thiophene rings is 1. The van der Waals surface area contributed by atoms with Crippen LogP contribution < -0.4 is 5.32 Å². The van der Waals surface area contributed by atoms with Crippen molar-refractivity contribution in [2.24, 2.45) is 7.05 Å². The average molecular weight is 419 g/mol. The number of aryl methyl sites for hydroxylation is 1. The van der Waals surface area contributed by atoms with Gasteiger partial charge in [0.05, 0.1) is 12.1 Å². The Hall–Kier alpha value is -2.35. The number of ether oxygens (including phenoxy) is 1. The fourth-order valence-electron chi connectivity index (χ4n) is 3.42. The zero-order chi connectivity index (χ0) is 21.6. The van der Waals surface area contributed by atoms with Crippen molar-refractivity contribution in [3.63, 3.8) is 0 Å². The standard InChI is InChI=1S/C21H30N4O3S/c1-20(2,3)16-10-17(23-24(16)7)22-18(26)14-12-29-15-11-25(9-8-13(14)15)19(27)28-21(4,5)6/h10,12H,8-9,11H2,1-7H3,(H,22,23,26). The molecule has 0 fully saturated rings. The summed E-state index contributed by atoms with van der Waals surface area (Å²) in [6.07, 6.45) is 0.321. The zero-order valence-corrected chi connectivity index (χ0v) is 19.1. The molecule has 1 aliphatic rings. The molecular formula is C21H30N4O3S. The third-order valence-electron chi connectivity index (χ3n) is 4.73. The third kappa shape index (κ3) is 4.80. The van der Waals surface area contributed by atoms with Crippen LogP contribution in [0.2, 0.25) is 0 Å². The summed E-state index contributed by atoms with van der Waals surface area (Å²) in [5.41, 5.74) is 2.15. The summed E-state index contributed by atoms with van der Waals surface area (Å²) in [6, 6.07) is 1.92. The summed E-state index contributed by atoms with van der Waals surface area (Å²) in [5.74, 6) is 0.389. The normalized spacial score (nSPS) is 14.5. The lowest BCUT2D eigenvalue weighted by Gasteiger charge is -2.30. The molecule has 158 valence electrons. The minimum absolute atomic E-state index is 0.0581. The van der Waals surface area contributed by atoms with Gasteiger partial charge in [-0.25, -0.2) is 4.79 Å². The van der Waals surface area contributed by atoms with Gasteiger partial charge in [-0.1, -0.05) is 20.8 Å². The van der Waals surface area contributed by atoms with E-state index in [2.05, 4.69) is 31.2 Å². The van der Waals surface area contributed by atoms with E-state index < -0.39 is 5.60 Å². The minimum atomic E-state index is -0.521. The molecule has 0 bridgehead atoms. The molecule has 2 aromatic rings. The molecule has 0 aromatic carbocycles. The van der Waals surface area contributed by atoms with Crippen molar-refractivity contribution < 1.29 is 14.3 Å². The van der Waals surface area contributed by atoms with Crippen LogP contribution in [0.5, 0.6) is 0 Å². The van der Waals surface area contributed by atoms with E-state index in [0.29, 0.717) is 30.9 Å². The number of hydrogen-bond donors (Lipinski definition) is 1. The Balaban J connectivity index is 1.72. The maximum Gasteiger partial charge on any atom is 0.410 e. The highest BCUT2D eigenvalue weighted by Crippen LogP contribution is 2.30. The summed E-state index contributed by atoms with van der Waals surface area (Å²) >= 11 is 1.51. The summed E-state index contributed by atoms with van der Waals surface area (Å²) in [5, 5.41) is 9.22. The molecule has 0 unspecified atom stereocenters. The zero-order valence-electron chi connectivity index (χ0n) is 18.3. The lowest BCUT2D eigenvalue weighted by molar-refractivity contribution is 0.0226. The van der Waals surface area contributed by atoms with Crippen LogP contribution in [0, 0.1) is 0 Å². The Morgan fingerprint density at radius 3 is 2.48 bits per heavy atom. The van der Waals surface area contributed by atoms with Crippen LogP contribution in [0.1, 0.15) is 68.0 Å². The van der Waals surface area contributed by atoms with Gasteiger partial charge in [-0.2, -0.15) is 5.10 Å². The number of amides is 2. The van der Waals surface area contributed by atoms with Crippen molar-refractivity contribution in [2.75, 3.05) is 11.9 Å². The second-order valence-corrected chi connectivity index (χ2v) is 10.4. The molecule has 2 aromatic heterocycles. The molecule has 0 saturated carbocycles. The first-order chi connectivity index (χ1) is 13.3. The topological polar surface area (TPSA) is 76.5 Å². The number of carbonyl (C=O) groups excluding carboxylic acids is 2. The van der Waals surface area contributed by atoms with Gasteiger partial charge in [-0.15, -0.1) is 11.3 Å². The van der Waals surface area contributed by atoms with Gasteiger partial charge in [-0.3, -0.25) is 9.48 Å². The molecule has 1 aliphatic heterocycles. The van der Waals surface area contributed by atoms with Gasteiger partial charge in [0, 0.05) is 41.0 Å². The Morgan fingerprint density at radius 2 is 1.90 bits per heavy atom. The van der Waals surface area contributed by atoms with E-state index in [4.69, 9.17) is 4.74 Å². The van der Waals surface area contributed by atoms with Crippen LogP contribution in [-0.2, 0) is 30.2 Å². The Labute approximate surface area is 176 Å². The van der Waals surface area contributed by atoms with E-state index in [1.54, 1.807) is 9.58 Å². The fraction of sp³-hybridized carbons (Fsp3) is 0.571. The fourth-order valence-corrected chi connectivity index (χ4v) is 4.51. The molecule has 8 heteroatoms. The molecule has 2 amide bonds. The number of rotatable bonds is 2. The summed E-state index contributed by atoms with van der Waals surface area (Å²) in [7, 11) is 1.88. The van der Waals surface area contributed by atoms with Crippen molar-refractivity contribution >= 4 is 29.2 Å². The molecule has 0 spiro atoms. The van der Waals surface area contributed by atoms with Crippen LogP contribution in [0.4, 0.5) is 10.6 Å².